The van der Waals surface area contributed by atoms with Gasteiger partial charge in [-0.15, -0.1) is 0 Å². The first-order valence-corrected chi connectivity index (χ1v) is 6.87. The van der Waals surface area contributed by atoms with Crippen LogP contribution in [0.15, 0.2) is 0 Å². The van der Waals surface area contributed by atoms with Gasteiger partial charge in [0.1, 0.15) is 0 Å². The third kappa shape index (κ3) is 4.83. The summed E-state index contributed by atoms with van der Waals surface area (Å²) in [5, 5.41) is 11.6. The number of aliphatic carboxylic acids is 1. The molecule has 1 fully saturated rings. The summed E-state index contributed by atoms with van der Waals surface area (Å²) in [6.45, 7) is 8.28. The van der Waals surface area contributed by atoms with Crippen molar-refractivity contribution >= 4 is 17.8 Å². The Morgan fingerprint density at radius 3 is 2.30 bits per heavy atom. The number of amides is 2. The fraction of sp³-hybridized carbons (Fsp3) is 0.786. The molecule has 114 valence electrons. The van der Waals surface area contributed by atoms with E-state index >= 15 is 0 Å². The highest BCUT2D eigenvalue weighted by Gasteiger charge is 2.36. The number of carbonyl (C=O) groups is 3. The van der Waals surface area contributed by atoms with Gasteiger partial charge in [-0.3, -0.25) is 14.4 Å². The number of rotatable bonds is 4. The van der Waals surface area contributed by atoms with Crippen LogP contribution in [0.1, 0.15) is 34.1 Å². The number of likely N-dealkylation sites (tertiary alicyclic amines) is 1. The van der Waals surface area contributed by atoms with Crippen LogP contribution in [0.2, 0.25) is 0 Å². The van der Waals surface area contributed by atoms with Gasteiger partial charge in [0.15, 0.2) is 0 Å². The van der Waals surface area contributed by atoms with Crippen molar-refractivity contribution in [3.05, 3.63) is 0 Å². The molecule has 2 atom stereocenters. The molecule has 20 heavy (non-hydrogen) atoms. The third-order valence-corrected chi connectivity index (χ3v) is 3.41. The predicted octanol–water partition coefficient (Wildman–Crippen LogP) is 0.718. The van der Waals surface area contributed by atoms with Gasteiger partial charge in [-0.25, -0.2) is 0 Å². The molecule has 1 aliphatic rings. The maximum Gasteiger partial charge on any atom is 0.308 e. The fourth-order valence-electron chi connectivity index (χ4n) is 2.32. The second-order valence-electron chi connectivity index (χ2n) is 6.73. The van der Waals surface area contributed by atoms with Crippen LogP contribution in [0.4, 0.5) is 0 Å². The van der Waals surface area contributed by atoms with Crippen molar-refractivity contribution in [3.63, 3.8) is 0 Å². The predicted molar refractivity (Wildman–Crippen MR) is 74.0 cm³/mol. The van der Waals surface area contributed by atoms with E-state index in [0.717, 1.165) is 0 Å². The molecule has 1 saturated heterocycles. The molecular weight excluding hydrogens is 260 g/mol. The smallest absolute Gasteiger partial charge is 0.308 e. The van der Waals surface area contributed by atoms with Crippen LogP contribution in [0, 0.1) is 17.3 Å². The maximum absolute atomic E-state index is 11.9. The number of carboxylic acid groups (broad SMARTS) is 1. The number of nitrogens with zero attached hydrogens (tertiary/aromatic N) is 1. The number of carboxylic acids is 1. The molecular formula is C14H24N2O4. The number of hydrogen-bond donors (Lipinski definition) is 2. The van der Waals surface area contributed by atoms with Crippen LogP contribution in [0.5, 0.6) is 0 Å². The molecule has 0 spiro atoms. The van der Waals surface area contributed by atoms with Gasteiger partial charge in [-0.05, 0) is 11.3 Å². The van der Waals surface area contributed by atoms with Crippen molar-refractivity contribution in [3.8, 4) is 0 Å². The Labute approximate surface area is 119 Å². The van der Waals surface area contributed by atoms with Crippen LogP contribution in [-0.4, -0.2) is 47.4 Å². The van der Waals surface area contributed by atoms with Crippen molar-refractivity contribution in [2.45, 2.75) is 34.1 Å². The lowest BCUT2D eigenvalue weighted by molar-refractivity contribution is -0.142. The number of hydrogen-bond acceptors (Lipinski definition) is 3. The standard InChI is InChI=1S/C14H24N2O4/c1-9-7-16(8-10(9)13(19)20)12(18)6-15-11(17)5-14(2,3)4/h9-10H,5-8H2,1-4H3,(H,15,17)(H,19,20)/t9-,10-/m1/s1. The Morgan fingerprint density at radius 2 is 1.85 bits per heavy atom. The summed E-state index contributed by atoms with van der Waals surface area (Å²) < 4.78 is 0. The minimum Gasteiger partial charge on any atom is -0.481 e. The largest absolute Gasteiger partial charge is 0.481 e. The first kappa shape index (κ1) is 16.5. The minimum absolute atomic E-state index is 0.0540. The molecule has 0 aromatic carbocycles. The lowest BCUT2D eigenvalue weighted by Crippen LogP contribution is -2.40. The summed E-state index contributed by atoms with van der Waals surface area (Å²) in [5.74, 6) is -1.81. The third-order valence-electron chi connectivity index (χ3n) is 3.41. The Hall–Kier alpha value is -1.59. The first-order valence-electron chi connectivity index (χ1n) is 6.87. The van der Waals surface area contributed by atoms with Gasteiger partial charge in [-0.2, -0.15) is 0 Å². The molecule has 1 rings (SSSR count). The van der Waals surface area contributed by atoms with Crippen LogP contribution in [-0.2, 0) is 14.4 Å². The van der Waals surface area contributed by atoms with Crippen LogP contribution in [0.25, 0.3) is 0 Å². The fourth-order valence-corrected chi connectivity index (χ4v) is 2.32. The van der Waals surface area contributed by atoms with Gasteiger partial charge in [0.25, 0.3) is 0 Å². The van der Waals surface area contributed by atoms with Crippen LogP contribution >= 0.6 is 0 Å². The van der Waals surface area contributed by atoms with Gasteiger partial charge in [0, 0.05) is 19.5 Å². The highest BCUT2D eigenvalue weighted by atomic mass is 16.4. The van der Waals surface area contributed by atoms with E-state index in [2.05, 4.69) is 5.32 Å². The molecule has 0 bridgehead atoms. The molecule has 0 aromatic heterocycles. The minimum atomic E-state index is -0.871. The van der Waals surface area contributed by atoms with Crippen molar-refractivity contribution in [1.29, 1.82) is 0 Å². The van der Waals surface area contributed by atoms with Crippen LogP contribution < -0.4 is 5.32 Å². The second kappa shape index (κ2) is 6.24. The number of nitrogens with one attached hydrogen (secondary N) is 1. The average molecular weight is 284 g/mol. The van der Waals surface area contributed by atoms with Gasteiger partial charge in [0.2, 0.25) is 11.8 Å². The van der Waals surface area contributed by atoms with E-state index < -0.39 is 11.9 Å². The monoisotopic (exact) mass is 284 g/mol. The van der Waals surface area contributed by atoms with Gasteiger partial charge in [-0.1, -0.05) is 27.7 Å². The summed E-state index contributed by atoms with van der Waals surface area (Å²) in [6.07, 6.45) is 0.356. The molecule has 0 unspecified atom stereocenters. The van der Waals surface area contributed by atoms with Gasteiger partial charge in [0.05, 0.1) is 12.5 Å². The molecule has 6 nitrogen and oxygen atoms in total. The lowest BCUT2D eigenvalue weighted by Gasteiger charge is -2.19. The summed E-state index contributed by atoms with van der Waals surface area (Å²) in [6, 6.07) is 0. The molecule has 1 aliphatic heterocycles. The van der Waals surface area contributed by atoms with Gasteiger partial charge >= 0.3 is 5.97 Å². The Balaban J connectivity index is 2.41. The Kier molecular flexibility index (Phi) is 5.14. The van der Waals surface area contributed by atoms with E-state index in [0.29, 0.717) is 13.0 Å². The van der Waals surface area contributed by atoms with Crippen molar-refractivity contribution in [2.75, 3.05) is 19.6 Å². The van der Waals surface area contributed by atoms with Crippen molar-refractivity contribution in [1.82, 2.24) is 10.2 Å². The van der Waals surface area contributed by atoms with Gasteiger partial charge < -0.3 is 15.3 Å². The Bertz CT molecular complexity index is 400. The second-order valence-corrected chi connectivity index (χ2v) is 6.73. The van der Waals surface area contributed by atoms with E-state index in [9.17, 15) is 14.4 Å². The molecule has 0 aliphatic carbocycles. The summed E-state index contributed by atoms with van der Waals surface area (Å²) in [5.41, 5.74) is -0.121. The zero-order chi connectivity index (χ0) is 15.5. The Morgan fingerprint density at radius 1 is 1.25 bits per heavy atom. The van der Waals surface area contributed by atoms with Crippen molar-refractivity contribution in [2.24, 2.45) is 17.3 Å². The van der Waals surface area contributed by atoms with E-state index in [1.807, 2.05) is 27.7 Å². The molecule has 2 N–H and O–H groups in total. The zero-order valence-corrected chi connectivity index (χ0v) is 12.6. The van der Waals surface area contributed by atoms with E-state index in [1.165, 1.54) is 4.90 Å². The quantitative estimate of drug-likeness (QED) is 0.796. The van der Waals surface area contributed by atoms with E-state index in [-0.39, 0.29) is 36.2 Å². The van der Waals surface area contributed by atoms with E-state index in [4.69, 9.17) is 5.11 Å². The highest BCUT2D eigenvalue weighted by molar-refractivity contribution is 5.85. The molecule has 6 heteroatoms. The number of carbonyl (C=O) groups excluding carboxylic acids is 2. The van der Waals surface area contributed by atoms with Crippen LogP contribution in [0.3, 0.4) is 0 Å². The summed E-state index contributed by atoms with van der Waals surface area (Å²) in [4.78, 5) is 36.1. The average Bonchev–Trinajstić information content (AvgIpc) is 2.66. The highest BCUT2D eigenvalue weighted by Crippen LogP contribution is 2.23. The summed E-state index contributed by atoms with van der Waals surface area (Å²) in [7, 11) is 0. The molecule has 2 amide bonds. The topological polar surface area (TPSA) is 86.7 Å². The molecule has 0 aromatic rings. The first-order chi connectivity index (χ1) is 9.10. The SMILES string of the molecule is C[C@@H]1CN(C(=O)CNC(=O)CC(C)(C)C)C[C@H]1C(=O)O. The maximum atomic E-state index is 11.9. The summed E-state index contributed by atoms with van der Waals surface area (Å²) >= 11 is 0. The van der Waals surface area contributed by atoms with E-state index in [1.54, 1.807) is 0 Å². The molecule has 0 radical (unpaired) electrons. The lowest BCUT2D eigenvalue weighted by atomic mass is 9.92. The zero-order valence-electron chi connectivity index (χ0n) is 12.6. The molecule has 0 saturated carbocycles. The normalized spacial score (nSPS) is 22.7. The van der Waals surface area contributed by atoms with Crippen molar-refractivity contribution < 1.29 is 19.5 Å². The molecule has 1 heterocycles.